The molecular weight excluding hydrogens is 214 g/mol. The van der Waals surface area contributed by atoms with Crippen molar-refractivity contribution in [1.29, 1.82) is 0 Å². The number of nitrogens with zero attached hydrogens (tertiary/aromatic N) is 2. The molecule has 1 aliphatic rings. The van der Waals surface area contributed by atoms with Gasteiger partial charge in [-0.15, -0.1) is 0 Å². The molecule has 0 bridgehead atoms. The molecule has 0 atom stereocenters. The number of fused-ring (bicyclic) bond motifs is 1. The Morgan fingerprint density at radius 3 is 2.65 bits per heavy atom. The number of likely N-dealkylation sites (N-methyl/N-ethyl adjacent to an activating group) is 1. The molecule has 1 aromatic carbocycles. The normalized spacial score (nSPS) is 14.7. The lowest BCUT2D eigenvalue weighted by Crippen LogP contribution is -2.44. The summed E-state index contributed by atoms with van der Waals surface area (Å²) in [5.41, 5.74) is 7.61. The second kappa shape index (κ2) is 5.19. The van der Waals surface area contributed by atoms with Gasteiger partial charge >= 0.3 is 0 Å². The van der Waals surface area contributed by atoms with Gasteiger partial charge in [0.1, 0.15) is 0 Å². The standard InChI is InChI=1S/C13H19N3O/c1-2-15-9-10-16(13(17)7-8-14)12-6-4-3-5-11(12)15/h3-6H,2,7-10,14H2,1H3. The van der Waals surface area contributed by atoms with Crippen molar-refractivity contribution >= 4 is 17.3 Å². The Morgan fingerprint density at radius 2 is 2.00 bits per heavy atom. The van der Waals surface area contributed by atoms with Crippen LogP contribution in [0.5, 0.6) is 0 Å². The van der Waals surface area contributed by atoms with Crippen LogP contribution in [0.15, 0.2) is 24.3 Å². The summed E-state index contributed by atoms with van der Waals surface area (Å²) in [7, 11) is 0. The molecule has 17 heavy (non-hydrogen) atoms. The van der Waals surface area contributed by atoms with Crippen molar-refractivity contribution in [2.45, 2.75) is 13.3 Å². The van der Waals surface area contributed by atoms with Crippen LogP contribution in [0, 0.1) is 0 Å². The van der Waals surface area contributed by atoms with Crippen LogP contribution in [0.25, 0.3) is 0 Å². The lowest BCUT2D eigenvalue weighted by atomic mass is 10.1. The zero-order chi connectivity index (χ0) is 12.3. The Kier molecular flexibility index (Phi) is 3.64. The van der Waals surface area contributed by atoms with Crippen molar-refractivity contribution in [1.82, 2.24) is 0 Å². The van der Waals surface area contributed by atoms with Gasteiger partial charge < -0.3 is 15.5 Å². The van der Waals surface area contributed by atoms with Crippen LogP contribution in [0.4, 0.5) is 11.4 Å². The van der Waals surface area contributed by atoms with E-state index in [1.165, 1.54) is 0 Å². The molecular formula is C13H19N3O. The van der Waals surface area contributed by atoms with Gasteiger partial charge in [0.15, 0.2) is 0 Å². The van der Waals surface area contributed by atoms with E-state index in [0.29, 0.717) is 13.0 Å². The average Bonchev–Trinajstić information content (AvgIpc) is 2.37. The molecule has 1 amide bonds. The van der Waals surface area contributed by atoms with Gasteiger partial charge in [0.2, 0.25) is 5.91 Å². The Bertz CT molecular complexity index is 405. The fourth-order valence-electron chi connectivity index (χ4n) is 2.27. The first kappa shape index (κ1) is 11.9. The van der Waals surface area contributed by atoms with E-state index >= 15 is 0 Å². The predicted octanol–water partition coefficient (Wildman–Crippen LogP) is 1.21. The Balaban J connectivity index is 2.31. The zero-order valence-electron chi connectivity index (χ0n) is 10.2. The molecule has 0 unspecified atom stereocenters. The lowest BCUT2D eigenvalue weighted by Gasteiger charge is -2.37. The lowest BCUT2D eigenvalue weighted by molar-refractivity contribution is -0.118. The third-order valence-electron chi connectivity index (χ3n) is 3.15. The van der Waals surface area contributed by atoms with Crippen LogP contribution in [-0.2, 0) is 4.79 Å². The molecule has 4 heteroatoms. The highest BCUT2D eigenvalue weighted by Crippen LogP contribution is 2.32. The third kappa shape index (κ3) is 2.26. The van der Waals surface area contributed by atoms with Gasteiger partial charge in [-0.3, -0.25) is 4.79 Å². The van der Waals surface area contributed by atoms with Gasteiger partial charge in [-0.05, 0) is 19.1 Å². The van der Waals surface area contributed by atoms with Crippen molar-refractivity contribution in [2.75, 3.05) is 36.0 Å². The minimum atomic E-state index is 0.121. The number of carbonyl (C=O) groups excluding carboxylic acids is 1. The first-order valence-electron chi connectivity index (χ1n) is 6.12. The first-order valence-corrected chi connectivity index (χ1v) is 6.12. The summed E-state index contributed by atoms with van der Waals surface area (Å²) in [4.78, 5) is 16.1. The summed E-state index contributed by atoms with van der Waals surface area (Å²) in [6.45, 7) is 5.16. The summed E-state index contributed by atoms with van der Waals surface area (Å²) < 4.78 is 0. The summed E-state index contributed by atoms with van der Waals surface area (Å²) in [6.07, 6.45) is 0.417. The van der Waals surface area contributed by atoms with Crippen LogP contribution < -0.4 is 15.5 Å². The Labute approximate surface area is 102 Å². The number of carbonyl (C=O) groups is 1. The fourth-order valence-corrected chi connectivity index (χ4v) is 2.27. The number of amides is 1. The van der Waals surface area contributed by atoms with Gasteiger partial charge in [-0.1, -0.05) is 12.1 Å². The molecule has 0 radical (unpaired) electrons. The fraction of sp³-hybridized carbons (Fsp3) is 0.462. The molecule has 0 saturated carbocycles. The maximum atomic E-state index is 12.0. The van der Waals surface area contributed by atoms with Crippen LogP contribution in [0.3, 0.4) is 0 Å². The number of anilines is 2. The first-order chi connectivity index (χ1) is 8.27. The van der Waals surface area contributed by atoms with E-state index in [1.807, 2.05) is 23.1 Å². The van der Waals surface area contributed by atoms with Crippen molar-refractivity contribution in [3.63, 3.8) is 0 Å². The van der Waals surface area contributed by atoms with Crippen LogP contribution in [0.2, 0.25) is 0 Å². The van der Waals surface area contributed by atoms with E-state index in [0.717, 1.165) is 31.0 Å². The van der Waals surface area contributed by atoms with Crippen molar-refractivity contribution in [3.8, 4) is 0 Å². The minimum Gasteiger partial charge on any atom is -0.368 e. The quantitative estimate of drug-likeness (QED) is 0.853. The number of para-hydroxylation sites is 2. The molecule has 1 aliphatic heterocycles. The van der Waals surface area contributed by atoms with Gasteiger partial charge in [0.25, 0.3) is 0 Å². The second-order valence-electron chi connectivity index (χ2n) is 4.15. The average molecular weight is 233 g/mol. The maximum absolute atomic E-state index is 12.0. The van der Waals surface area contributed by atoms with Crippen LogP contribution in [-0.4, -0.2) is 32.1 Å². The summed E-state index contributed by atoms with van der Waals surface area (Å²) in [5.74, 6) is 0.121. The number of nitrogens with two attached hydrogens (primary N) is 1. The van der Waals surface area contributed by atoms with E-state index in [2.05, 4.69) is 17.9 Å². The monoisotopic (exact) mass is 233 g/mol. The molecule has 4 nitrogen and oxygen atoms in total. The van der Waals surface area contributed by atoms with Crippen molar-refractivity contribution in [2.24, 2.45) is 5.73 Å². The highest BCUT2D eigenvalue weighted by Gasteiger charge is 2.24. The third-order valence-corrected chi connectivity index (χ3v) is 3.15. The molecule has 2 N–H and O–H groups in total. The van der Waals surface area contributed by atoms with Gasteiger partial charge in [0, 0.05) is 32.6 Å². The molecule has 0 saturated heterocycles. The van der Waals surface area contributed by atoms with Gasteiger partial charge in [0.05, 0.1) is 11.4 Å². The topological polar surface area (TPSA) is 49.6 Å². The van der Waals surface area contributed by atoms with Gasteiger partial charge in [-0.2, -0.15) is 0 Å². The van der Waals surface area contributed by atoms with Crippen LogP contribution >= 0.6 is 0 Å². The Morgan fingerprint density at radius 1 is 1.29 bits per heavy atom. The number of rotatable bonds is 3. The maximum Gasteiger partial charge on any atom is 0.228 e. The number of hydrogen-bond donors (Lipinski definition) is 1. The van der Waals surface area contributed by atoms with Gasteiger partial charge in [-0.25, -0.2) is 0 Å². The SMILES string of the molecule is CCN1CCN(C(=O)CCN)c2ccccc21. The van der Waals surface area contributed by atoms with E-state index in [9.17, 15) is 4.79 Å². The van der Waals surface area contributed by atoms with Crippen LogP contribution in [0.1, 0.15) is 13.3 Å². The molecule has 92 valence electrons. The number of hydrogen-bond acceptors (Lipinski definition) is 3. The molecule has 0 fully saturated rings. The molecule has 1 aromatic rings. The highest BCUT2D eigenvalue weighted by molar-refractivity contribution is 5.97. The summed E-state index contributed by atoms with van der Waals surface area (Å²) in [6, 6.07) is 8.06. The second-order valence-corrected chi connectivity index (χ2v) is 4.15. The van der Waals surface area contributed by atoms with Crippen molar-refractivity contribution < 1.29 is 4.79 Å². The summed E-state index contributed by atoms with van der Waals surface area (Å²) >= 11 is 0. The summed E-state index contributed by atoms with van der Waals surface area (Å²) in [5, 5.41) is 0. The molecule has 1 heterocycles. The number of benzene rings is 1. The smallest absolute Gasteiger partial charge is 0.228 e. The molecule has 0 spiro atoms. The van der Waals surface area contributed by atoms with Crippen molar-refractivity contribution in [3.05, 3.63) is 24.3 Å². The predicted molar refractivity (Wildman–Crippen MR) is 70.4 cm³/mol. The van der Waals surface area contributed by atoms with E-state index < -0.39 is 0 Å². The van der Waals surface area contributed by atoms with E-state index in [4.69, 9.17) is 5.73 Å². The zero-order valence-corrected chi connectivity index (χ0v) is 10.2. The molecule has 0 aliphatic carbocycles. The largest absolute Gasteiger partial charge is 0.368 e. The van der Waals surface area contributed by atoms with E-state index in [-0.39, 0.29) is 5.91 Å². The Hall–Kier alpha value is -1.55. The minimum absolute atomic E-state index is 0.121. The highest BCUT2D eigenvalue weighted by atomic mass is 16.2. The van der Waals surface area contributed by atoms with E-state index in [1.54, 1.807) is 0 Å². The molecule has 0 aromatic heterocycles. The molecule has 2 rings (SSSR count).